The van der Waals surface area contributed by atoms with Gasteiger partial charge in [-0.3, -0.25) is 0 Å². The molecular weight excluding hydrogens is 250 g/mol. The lowest BCUT2D eigenvalue weighted by molar-refractivity contribution is 0.857. The predicted octanol–water partition coefficient (Wildman–Crippen LogP) is 2.07. The smallest absolute Gasteiger partial charge is 0.188 e. The normalized spacial score (nSPS) is 19.9. The molecule has 1 fully saturated rings. The van der Waals surface area contributed by atoms with Gasteiger partial charge in [-0.2, -0.15) is 0 Å². The molecule has 2 rings (SSSR count). The summed E-state index contributed by atoms with van der Waals surface area (Å²) in [4.78, 5) is 8.60. The molecule has 0 unspecified atom stereocenters. The SMILES string of the molecule is CSc1nccc(S[C@@H]2CCNC2)n1.Cl. The van der Waals surface area contributed by atoms with Gasteiger partial charge < -0.3 is 5.32 Å². The monoisotopic (exact) mass is 263 g/mol. The number of aromatic nitrogens is 2. The van der Waals surface area contributed by atoms with Crippen LogP contribution in [0.15, 0.2) is 22.4 Å². The summed E-state index contributed by atoms with van der Waals surface area (Å²) in [5, 5.41) is 5.99. The maximum absolute atomic E-state index is 4.44. The molecule has 1 N–H and O–H groups in total. The van der Waals surface area contributed by atoms with Crippen LogP contribution >= 0.6 is 35.9 Å². The van der Waals surface area contributed by atoms with E-state index in [0.717, 1.165) is 23.3 Å². The van der Waals surface area contributed by atoms with Gasteiger partial charge in [0.15, 0.2) is 5.16 Å². The molecule has 1 saturated heterocycles. The van der Waals surface area contributed by atoms with Gasteiger partial charge in [-0.1, -0.05) is 11.8 Å². The van der Waals surface area contributed by atoms with E-state index in [2.05, 4.69) is 15.3 Å². The summed E-state index contributed by atoms with van der Waals surface area (Å²) >= 11 is 3.44. The van der Waals surface area contributed by atoms with Crippen molar-refractivity contribution in [2.45, 2.75) is 21.9 Å². The second kappa shape index (κ2) is 6.58. The summed E-state index contributed by atoms with van der Waals surface area (Å²) in [5.74, 6) is 0. The van der Waals surface area contributed by atoms with Crippen LogP contribution in [-0.4, -0.2) is 34.6 Å². The van der Waals surface area contributed by atoms with Gasteiger partial charge in [0.25, 0.3) is 0 Å². The zero-order valence-electron chi connectivity index (χ0n) is 8.47. The number of hydrogen-bond acceptors (Lipinski definition) is 5. The van der Waals surface area contributed by atoms with Crippen LogP contribution in [-0.2, 0) is 0 Å². The first-order valence-corrected chi connectivity index (χ1v) is 6.73. The topological polar surface area (TPSA) is 37.8 Å². The highest BCUT2D eigenvalue weighted by Gasteiger charge is 2.16. The summed E-state index contributed by atoms with van der Waals surface area (Å²) < 4.78 is 0. The number of nitrogens with zero attached hydrogens (tertiary/aromatic N) is 2. The van der Waals surface area contributed by atoms with E-state index in [-0.39, 0.29) is 12.4 Å². The molecule has 0 aromatic carbocycles. The van der Waals surface area contributed by atoms with Gasteiger partial charge in [0.2, 0.25) is 0 Å². The van der Waals surface area contributed by atoms with E-state index in [4.69, 9.17) is 0 Å². The molecule has 2 heterocycles. The number of rotatable bonds is 3. The van der Waals surface area contributed by atoms with Gasteiger partial charge in [0.1, 0.15) is 5.03 Å². The molecule has 1 aromatic heterocycles. The largest absolute Gasteiger partial charge is 0.316 e. The van der Waals surface area contributed by atoms with Crippen LogP contribution in [0, 0.1) is 0 Å². The molecule has 0 aliphatic carbocycles. The van der Waals surface area contributed by atoms with Crippen molar-refractivity contribution in [3.8, 4) is 0 Å². The standard InChI is InChI=1S/C9H13N3S2.ClH/c1-13-9-11-5-3-8(12-9)14-7-2-4-10-6-7;/h3,5,7,10H,2,4,6H2,1H3;1H/t7-;/m1./s1. The molecule has 0 spiro atoms. The Labute approximate surface area is 105 Å². The lowest BCUT2D eigenvalue weighted by Crippen LogP contribution is -2.10. The van der Waals surface area contributed by atoms with E-state index in [1.54, 1.807) is 11.8 Å². The molecule has 1 aliphatic rings. The van der Waals surface area contributed by atoms with Crippen LogP contribution in [0.2, 0.25) is 0 Å². The lowest BCUT2D eigenvalue weighted by atomic mass is 10.4. The molecular formula is C9H14ClN3S2. The molecule has 0 bridgehead atoms. The quantitative estimate of drug-likeness (QED) is 0.514. The van der Waals surface area contributed by atoms with Crippen LogP contribution in [0.25, 0.3) is 0 Å². The molecule has 1 aromatic rings. The minimum atomic E-state index is 0. The Morgan fingerprint density at radius 2 is 2.40 bits per heavy atom. The minimum Gasteiger partial charge on any atom is -0.316 e. The molecule has 1 atom stereocenters. The van der Waals surface area contributed by atoms with Crippen molar-refractivity contribution in [3.63, 3.8) is 0 Å². The van der Waals surface area contributed by atoms with Gasteiger partial charge in [0.05, 0.1) is 0 Å². The second-order valence-electron chi connectivity index (χ2n) is 3.11. The van der Waals surface area contributed by atoms with Gasteiger partial charge >= 0.3 is 0 Å². The van der Waals surface area contributed by atoms with E-state index >= 15 is 0 Å². The van der Waals surface area contributed by atoms with Gasteiger partial charge in [-0.15, -0.1) is 24.2 Å². The van der Waals surface area contributed by atoms with E-state index in [1.807, 2.05) is 30.3 Å². The molecule has 15 heavy (non-hydrogen) atoms. The summed E-state index contributed by atoms with van der Waals surface area (Å²) in [5.41, 5.74) is 0. The van der Waals surface area contributed by atoms with Crippen LogP contribution in [0.1, 0.15) is 6.42 Å². The third-order valence-electron chi connectivity index (χ3n) is 2.09. The molecule has 0 radical (unpaired) electrons. The molecule has 6 heteroatoms. The fraction of sp³-hybridized carbons (Fsp3) is 0.556. The first kappa shape index (κ1) is 13.1. The summed E-state index contributed by atoms with van der Waals surface area (Å²) in [6.45, 7) is 2.24. The summed E-state index contributed by atoms with van der Waals surface area (Å²) in [6.07, 6.45) is 5.08. The highest BCUT2D eigenvalue weighted by atomic mass is 35.5. The lowest BCUT2D eigenvalue weighted by Gasteiger charge is -2.06. The van der Waals surface area contributed by atoms with Crippen LogP contribution in [0.4, 0.5) is 0 Å². The first-order valence-electron chi connectivity index (χ1n) is 4.63. The number of thioether (sulfide) groups is 2. The van der Waals surface area contributed by atoms with Crippen molar-refractivity contribution in [1.29, 1.82) is 0 Å². The van der Waals surface area contributed by atoms with Crippen molar-refractivity contribution in [1.82, 2.24) is 15.3 Å². The molecule has 0 amide bonds. The Balaban J connectivity index is 0.00000112. The van der Waals surface area contributed by atoms with Crippen LogP contribution in [0.5, 0.6) is 0 Å². The molecule has 0 saturated carbocycles. The minimum absolute atomic E-state index is 0. The van der Waals surface area contributed by atoms with E-state index in [1.165, 1.54) is 6.42 Å². The Morgan fingerprint density at radius 3 is 3.07 bits per heavy atom. The number of halogens is 1. The third kappa shape index (κ3) is 3.83. The average molecular weight is 264 g/mol. The highest BCUT2D eigenvalue weighted by Crippen LogP contribution is 2.25. The van der Waals surface area contributed by atoms with Gasteiger partial charge in [-0.25, -0.2) is 9.97 Å². The summed E-state index contributed by atoms with van der Waals surface area (Å²) in [6, 6.07) is 1.99. The Kier molecular flexibility index (Phi) is 5.74. The molecule has 84 valence electrons. The molecule has 1 aliphatic heterocycles. The average Bonchev–Trinajstić information content (AvgIpc) is 2.71. The van der Waals surface area contributed by atoms with E-state index < -0.39 is 0 Å². The van der Waals surface area contributed by atoms with Crippen LogP contribution < -0.4 is 5.32 Å². The van der Waals surface area contributed by atoms with E-state index in [9.17, 15) is 0 Å². The maximum Gasteiger partial charge on any atom is 0.188 e. The van der Waals surface area contributed by atoms with Crippen molar-refractivity contribution in [3.05, 3.63) is 12.3 Å². The zero-order valence-corrected chi connectivity index (χ0v) is 10.9. The third-order valence-corrected chi connectivity index (χ3v) is 3.86. The first-order chi connectivity index (χ1) is 6.88. The molecule has 3 nitrogen and oxygen atoms in total. The van der Waals surface area contributed by atoms with Crippen molar-refractivity contribution in [2.24, 2.45) is 0 Å². The number of hydrogen-bond donors (Lipinski definition) is 1. The van der Waals surface area contributed by atoms with Crippen molar-refractivity contribution in [2.75, 3.05) is 19.3 Å². The number of nitrogens with one attached hydrogen (secondary N) is 1. The second-order valence-corrected chi connectivity index (χ2v) is 5.21. The van der Waals surface area contributed by atoms with Gasteiger partial charge in [0, 0.05) is 18.0 Å². The van der Waals surface area contributed by atoms with E-state index in [0.29, 0.717) is 5.25 Å². The Hall–Kier alpha value is 0.0300. The zero-order chi connectivity index (χ0) is 9.80. The predicted molar refractivity (Wildman–Crippen MR) is 68.2 cm³/mol. The van der Waals surface area contributed by atoms with Gasteiger partial charge in [-0.05, 0) is 25.3 Å². The Bertz CT molecular complexity index is 305. The van der Waals surface area contributed by atoms with Crippen LogP contribution in [0.3, 0.4) is 0 Å². The summed E-state index contributed by atoms with van der Waals surface area (Å²) in [7, 11) is 0. The maximum atomic E-state index is 4.44. The van der Waals surface area contributed by atoms with Crippen molar-refractivity contribution >= 4 is 35.9 Å². The van der Waals surface area contributed by atoms with Crippen molar-refractivity contribution < 1.29 is 0 Å². The fourth-order valence-electron chi connectivity index (χ4n) is 1.39. The fourth-order valence-corrected chi connectivity index (χ4v) is 2.86. The Morgan fingerprint density at radius 1 is 1.53 bits per heavy atom. The highest BCUT2D eigenvalue weighted by molar-refractivity contribution is 8.00.